The van der Waals surface area contributed by atoms with Crippen LogP contribution in [0.4, 0.5) is 4.39 Å². The van der Waals surface area contributed by atoms with Crippen LogP contribution in [0.5, 0.6) is 0 Å². The Hall–Kier alpha value is -1.24. The lowest BCUT2D eigenvalue weighted by Crippen LogP contribution is -2.24. The summed E-state index contributed by atoms with van der Waals surface area (Å²) in [4.78, 5) is 0.157. The SMILES string of the molecule is Cc1cc(F)cc(C)c1S(=O)(=O)NCc1ccsc1. The first-order valence-electron chi connectivity index (χ1n) is 5.67. The topological polar surface area (TPSA) is 46.2 Å². The molecule has 102 valence electrons. The molecule has 0 bridgehead atoms. The van der Waals surface area contributed by atoms with Crippen molar-refractivity contribution < 1.29 is 12.8 Å². The van der Waals surface area contributed by atoms with Gasteiger partial charge in [-0.1, -0.05) is 0 Å². The molecule has 0 aliphatic heterocycles. The average molecular weight is 299 g/mol. The summed E-state index contributed by atoms with van der Waals surface area (Å²) < 4.78 is 40.2. The Kier molecular flexibility index (Phi) is 4.03. The standard InChI is InChI=1S/C13H14FNO2S2/c1-9-5-12(14)6-10(2)13(9)19(16,17)15-7-11-3-4-18-8-11/h3-6,8,15H,7H2,1-2H3. The summed E-state index contributed by atoms with van der Waals surface area (Å²) in [5.74, 6) is -0.424. The molecular weight excluding hydrogens is 285 g/mol. The van der Waals surface area contributed by atoms with E-state index in [1.54, 1.807) is 13.8 Å². The van der Waals surface area contributed by atoms with E-state index >= 15 is 0 Å². The van der Waals surface area contributed by atoms with Crippen molar-refractivity contribution in [3.8, 4) is 0 Å². The van der Waals surface area contributed by atoms with Gasteiger partial charge in [0.05, 0.1) is 4.90 Å². The number of aryl methyl sites for hydroxylation is 2. The van der Waals surface area contributed by atoms with Crippen LogP contribution in [0.25, 0.3) is 0 Å². The third kappa shape index (κ3) is 3.20. The molecule has 1 heterocycles. The molecule has 0 radical (unpaired) electrons. The Morgan fingerprint density at radius 1 is 1.26 bits per heavy atom. The molecule has 0 saturated heterocycles. The van der Waals surface area contributed by atoms with E-state index in [4.69, 9.17) is 0 Å². The Bertz CT molecular complexity index is 656. The predicted octanol–water partition coefficient (Wildman–Crippen LogP) is 2.98. The molecule has 0 fully saturated rings. The third-order valence-electron chi connectivity index (χ3n) is 2.74. The molecule has 0 amide bonds. The largest absolute Gasteiger partial charge is 0.241 e. The lowest BCUT2D eigenvalue weighted by atomic mass is 10.1. The van der Waals surface area contributed by atoms with Gasteiger partial charge in [0.15, 0.2) is 0 Å². The lowest BCUT2D eigenvalue weighted by Gasteiger charge is -2.11. The van der Waals surface area contributed by atoms with Gasteiger partial charge in [0.1, 0.15) is 5.82 Å². The van der Waals surface area contributed by atoms with Gasteiger partial charge in [-0.2, -0.15) is 11.3 Å². The molecule has 2 rings (SSSR count). The molecule has 0 saturated carbocycles. The van der Waals surface area contributed by atoms with Crippen molar-refractivity contribution in [2.75, 3.05) is 0 Å². The van der Waals surface area contributed by atoms with E-state index < -0.39 is 15.8 Å². The number of halogens is 1. The zero-order valence-corrected chi connectivity index (χ0v) is 12.2. The summed E-state index contributed by atoms with van der Waals surface area (Å²) in [6.45, 7) is 3.42. The highest BCUT2D eigenvalue weighted by Crippen LogP contribution is 2.21. The highest BCUT2D eigenvalue weighted by molar-refractivity contribution is 7.89. The van der Waals surface area contributed by atoms with Gasteiger partial charge in [-0.3, -0.25) is 0 Å². The molecule has 1 N–H and O–H groups in total. The minimum Gasteiger partial charge on any atom is -0.207 e. The van der Waals surface area contributed by atoms with Crippen molar-refractivity contribution in [2.24, 2.45) is 0 Å². The Morgan fingerprint density at radius 3 is 2.42 bits per heavy atom. The molecule has 0 spiro atoms. The third-order valence-corrected chi connectivity index (χ3v) is 5.18. The normalized spacial score (nSPS) is 11.7. The van der Waals surface area contributed by atoms with Crippen molar-refractivity contribution in [3.63, 3.8) is 0 Å². The van der Waals surface area contributed by atoms with E-state index in [1.165, 1.54) is 23.5 Å². The van der Waals surface area contributed by atoms with E-state index in [1.807, 2.05) is 16.8 Å². The number of rotatable bonds is 4. The van der Waals surface area contributed by atoms with Crippen molar-refractivity contribution in [1.82, 2.24) is 4.72 Å². The van der Waals surface area contributed by atoms with Crippen LogP contribution in [-0.4, -0.2) is 8.42 Å². The summed E-state index contributed by atoms with van der Waals surface area (Å²) in [5.41, 5.74) is 1.73. The summed E-state index contributed by atoms with van der Waals surface area (Å²) in [5, 5.41) is 3.77. The maximum Gasteiger partial charge on any atom is 0.241 e. The molecule has 1 aromatic heterocycles. The predicted molar refractivity (Wildman–Crippen MR) is 74.2 cm³/mol. The smallest absolute Gasteiger partial charge is 0.207 e. The van der Waals surface area contributed by atoms with Crippen LogP contribution in [-0.2, 0) is 16.6 Å². The first-order valence-corrected chi connectivity index (χ1v) is 8.10. The van der Waals surface area contributed by atoms with Crippen LogP contribution in [0.2, 0.25) is 0 Å². The van der Waals surface area contributed by atoms with Crippen LogP contribution in [0.1, 0.15) is 16.7 Å². The fourth-order valence-corrected chi connectivity index (χ4v) is 4.10. The molecule has 0 aliphatic carbocycles. The van der Waals surface area contributed by atoms with Crippen LogP contribution >= 0.6 is 11.3 Å². The van der Waals surface area contributed by atoms with Gasteiger partial charge in [-0.05, 0) is 59.5 Å². The highest BCUT2D eigenvalue weighted by Gasteiger charge is 2.20. The van der Waals surface area contributed by atoms with Crippen molar-refractivity contribution in [2.45, 2.75) is 25.3 Å². The first kappa shape index (κ1) is 14.2. The quantitative estimate of drug-likeness (QED) is 0.943. The highest BCUT2D eigenvalue weighted by atomic mass is 32.2. The number of benzene rings is 1. The Balaban J connectivity index is 2.29. The summed E-state index contributed by atoms with van der Waals surface area (Å²) in [6, 6.07) is 4.32. The molecule has 0 unspecified atom stereocenters. The number of hydrogen-bond donors (Lipinski definition) is 1. The average Bonchev–Trinajstić information content (AvgIpc) is 2.77. The van der Waals surface area contributed by atoms with Gasteiger partial charge < -0.3 is 0 Å². The van der Waals surface area contributed by atoms with Crippen molar-refractivity contribution >= 4 is 21.4 Å². The van der Waals surface area contributed by atoms with E-state index in [0.29, 0.717) is 11.1 Å². The second-order valence-electron chi connectivity index (χ2n) is 4.32. The molecule has 1 aromatic carbocycles. The minimum absolute atomic E-state index is 0.157. The van der Waals surface area contributed by atoms with Gasteiger partial charge in [0.25, 0.3) is 0 Å². The lowest BCUT2D eigenvalue weighted by molar-refractivity contribution is 0.578. The van der Waals surface area contributed by atoms with Gasteiger partial charge in [0, 0.05) is 6.54 Å². The van der Waals surface area contributed by atoms with Crippen molar-refractivity contribution in [3.05, 3.63) is 51.5 Å². The van der Waals surface area contributed by atoms with Gasteiger partial charge in [-0.15, -0.1) is 0 Å². The maximum atomic E-state index is 13.2. The summed E-state index contributed by atoms with van der Waals surface area (Å²) in [6.07, 6.45) is 0. The second kappa shape index (κ2) is 5.40. The number of sulfonamides is 1. The molecule has 0 aliphatic rings. The first-order chi connectivity index (χ1) is 8.90. The number of nitrogens with one attached hydrogen (secondary N) is 1. The Labute approximate surface area is 116 Å². The van der Waals surface area contributed by atoms with E-state index in [2.05, 4.69) is 4.72 Å². The van der Waals surface area contributed by atoms with E-state index in [9.17, 15) is 12.8 Å². The van der Waals surface area contributed by atoms with Crippen LogP contribution < -0.4 is 4.72 Å². The maximum absolute atomic E-state index is 13.2. The van der Waals surface area contributed by atoms with E-state index in [-0.39, 0.29) is 11.4 Å². The Morgan fingerprint density at radius 2 is 1.89 bits per heavy atom. The molecule has 19 heavy (non-hydrogen) atoms. The number of thiophene rings is 1. The molecule has 6 heteroatoms. The summed E-state index contributed by atoms with van der Waals surface area (Å²) >= 11 is 1.51. The summed E-state index contributed by atoms with van der Waals surface area (Å²) in [7, 11) is -3.63. The van der Waals surface area contributed by atoms with Crippen LogP contribution in [0.3, 0.4) is 0 Å². The minimum atomic E-state index is -3.63. The van der Waals surface area contributed by atoms with Crippen molar-refractivity contribution in [1.29, 1.82) is 0 Å². The molecular formula is C13H14FNO2S2. The second-order valence-corrected chi connectivity index (χ2v) is 6.81. The van der Waals surface area contributed by atoms with Crippen LogP contribution in [0.15, 0.2) is 33.9 Å². The van der Waals surface area contributed by atoms with E-state index in [0.717, 1.165) is 5.56 Å². The van der Waals surface area contributed by atoms with Gasteiger partial charge in [0.2, 0.25) is 10.0 Å². The fourth-order valence-electron chi connectivity index (χ4n) is 1.97. The van der Waals surface area contributed by atoms with Gasteiger partial charge in [-0.25, -0.2) is 17.5 Å². The number of hydrogen-bond acceptors (Lipinski definition) is 3. The monoisotopic (exact) mass is 299 g/mol. The molecule has 0 atom stereocenters. The zero-order chi connectivity index (χ0) is 14.0. The molecule has 2 aromatic rings. The van der Waals surface area contributed by atoms with Gasteiger partial charge >= 0.3 is 0 Å². The molecule has 3 nitrogen and oxygen atoms in total. The fraction of sp³-hybridized carbons (Fsp3) is 0.231. The zero-order valence-electron chi connectivity index (χ0n) is 10.6. The van der Waals surface area contributed by atoms with Crippen LogP contribution in [0, 0.1) is 19.7 Å².